The minimum absolute atomic E-state index is 0.114. The number of benzene rings is 1. The number of nitrogen functional groups attached to an aromatic ring is 1. The zero-order valence-corrected chi connectivity index (χ0v) is 8.72. The van der Waals surface area contributed by atoms with Gasteiger partial charge in [0.25, 0.3) is 0 Å². The topological polar surface area (TPSA) is 52.0 Å². The van der Waals surface area contributed by atoms with Crippen LogP contribution in [0.1, 0.15) is 42.5 Å². The fraction of sp³-hybridized carbons (Fsp3) is 0.500. The molecule has 1 atom stereocenters. The number of aryl methyl sites for hydroxylation is 1. The van der Waals surface area contributed by atoms with Gasteiger partial charge in [-0.25, -0.2) is 0 Å². The summed E-state index contributed by atoms with van der Waals surface area (Å²) in [7, 11) is 0. The summed E-state index contributed by atoms with van der Waals surface area (Å²) in [6, 6.07) is 4.28. The Hall–Kier alpha value is -1.02. The molecular weight excluding hydrogens is 172 g/mol. The quantitative estimate of drug-likeness (QED) is 0.702. The number of hydrogen-bond donors (Lipinski definition) is 2. The molecule has 0 saturated heterocycles. The van der Waals surface area contributed by atoms with Gasteiger partial charge in [0.1, 0.15) is 0 Å². The van der Waals surface area contributed by atoms with Crippen LogP contribution in [0, 0.1) is 0 Å². The minimum atomic E-state index is 0.114. The van der Waals surface area contributed by atoms with E-state index in [0.29, 0.717) is 0 Å². The Morgan fingerprint density at radius 2 is 2.14 bits per heavy atom. The van der Waals surface area contributed by atoms with E-state index in [9.17, 15) is 0 Å². The molecule has 0 aliphatic heterocycles. The molecule has 14 heavy (non-hydrogen) atoms. The van der Waals surface area contributed by atoms with E-state index in [1.54, 1.807) is 0 Å². The molecule has 0 heterocycles. The van der Waals surface area contributed by atoms with Crippen LogP contribution in [0.4, 0.5) is 5.69 Å². The van der Waals surface area contributed by atoms with E-state index < -0.39 is 0 Å². The Morgan fingerprint density at radius 1 is 1.36 bits per heavy atom. The van der Waals surface area contributed by atoms with E-state index in [1.807, 2.05) is 6.07 Å². The lowest BCUT2D eigenvalue weighted by molar-refractivity contribution is 0.692. The highest BCUT2D eigenvalue weighted by Crippen LogP contribution is 2.33. The van der Waals surface area contributed by atoms with Crippen molar-refractivity contribution in [1.29, 1.82) is 0 Å². The van der Waals surface area contributed by atoms with Crippen LogP contribution in [0.3, 0.4) is 0 Å². The van der Waals surface area contributed by atoms with Crippen LogP contribution in [0.2, 0.25) is 0 Å². The second-order valence-corrected chi connectivity index (χ2v) is 4.07. The van der Waals surface area contributed by atoms with Gasteiger partial charge in [0.15, 0.2) is 0 Å². The largest absolute Gasteiger partial charge is 0.398 e. The predicted octanol–water partition coefficient (Wildman–Crippen LogP) is 2.17. The van der Waals surface area contributed by atoms with Crippen molar-refractivity contribution in [3.63, 3.8) is 0 Å². The standard InChI is InChI=1S/C12H18N2/c1-2-10(13)12-9-5-3-4-8(9)6-7-11(12)14/h6-7,10H,2-5,13-14H2,1H3. The Morgan fingerprint density at radius 3 is 2.86 bits per heavy atom. The van der Waals surface area contributed by atoms with E-state index in [1.165, 1.54) is 29.5 Å². The van der Waals surface area contributed by atoms with Crippen molar-refractivity contribution in [3.05, 3.63) is 28.8 Å². The smallest absolute Gasteiger partial charge is 0.0365 e. The molecule has 1 unspecified atom stereocenters. The van der Waals surface area contributed by atoms with Crippen LogP contribution in [-0.4, -0.2) is 0 Å². The maximum absolute atomic E-state index is 6.09. The number of rotatable bonds is 2. The van der Waals surface area contributed by atoms with Gasteiger partial charge < -0.3 is 11.5 Å². The van der Waals surface area contributed by atoms with Crippen LogP contribution in [0.5, 0.6) is 0 Å². The van der Waals surface area contributed by atoms with Gasteiger partial charge in [-0.15, -0.1) is 0 Å². The highest BCUT2D eigenvalue weighted by atomic mass is 14.7. The van der Waals surface area contributed by atoms with Crippen molar-refractivity contribution in [3.8, 4) is 0 Å². The van der Waals surface area contributed by atoms with Crippen LogP contribution in [0.15, 0.2) is 12.1 Å². The molecule has 0 saturated carbocycles. The number of hydrogen-bond acceptors (Lipinski definition) is 2. The van der Waals surface area contributed by atoms with Gasteiger partial charge >= 0.3 is 0 Å². The predicted molar refractivity (Wildman–Crippen MR) is 60.1 cm³/mol. The lowest BCUT2D eigenvalue weighted by Gasteiger charge is -2.17. The molecule has 2 nitrogen and oxygen atoms in total. The van der Waals surface area contributed by atoms with Crippen LogP contribution < -0.4 is 11.5 Å². The third-order valence-electron chi connectivity index (χ3n) is 3.17. The molecule has 0 radical (unpaired) electrons. The van der Waals surface area contributed by atoms with Gasteiger partial charge in [-0.1, -0.05) is 13.0 Å². The molecule has 1 aromatic carbocycles. The first-order valence-corrected chi connectivity index (χ1v) is 5.39. The van der Waals surface area contributed by atoms with Gasteiger partial charge in [-0.3, -0.25) is 0 Å². The average Bonchev–Trinajstić information content (AvgIpc) is 2.64. The van der Waals surface area contributed by atoms with Crippen molar-refractivity contribution in [2.45, 2.75) is 38.6 Å². The van der Waals surface area contributed by atoms with Crippen molar-refractivity contribution >= 4 is 5.69 Å². The van der Waals surface area contributed by atoms with Gasteiger partial charge in [-0.2, -0.15) is 0 Å². The Labute approximate surface area is 85.3 Å². The van der Waals surface area contributed by atoms with Crippen molar-refractivity contribution < 1.29 is 0 Å². The molecule has 0 fully saturated rings. The molecule has 0 aromatic heterocycles. The molecular formula is C12H18N2. The molecule has 1 aliphatic rings. The highest BCUT2D eigenvalue weighted by Gasteiger charge is 2.19. The molecule has 2 heteroatoms. The third-order valence-corrected chi connectivity index (χ3v) is 3.17. The third kappa shape index (κ3) is 1.40. The average molecular weight is 190 g/mol. The summed E-state index contributed by atoms with van der Waals surface area (Å²) in [5.74, 6) is 0. The molecule has 0 bridgehead atoms. The molecule has 1 aliphatic carbocycles. The number of fused-ring (bicyclic) bond motifs is 1. The van der Waals surface area contributed by atoms with Crippen LogP contribution in [0.25, 0.3) is 0 Å². The fourth-order valence-electron chi connectivity index (χ4n) is 2.36. The molecule has 0 amide bonds. The highest BCUT2D eigenvalue weighted by molar-refractivity contribution is 5.56. The van der Waals surface area contributed by atoms with E-state index in [0.717, 1.165) is 18.5 Å². The van der Waals surface area contributed by atoms with Crippen molar-refractivity contribution in [2.24, 2.45) is 5.73 Å². The first-order chi connectivity index (χ1) is 6.74. The second kappa shape index (κ2) is 3.62. The SMILES string of the molecule is CCC(N)c1c(N)ccc2c1CCC2. The maximum atomic E-state index is 6.09. The summed E-state index contributed by atoms with van der Waals surface area (Å²) >= 11 is 0. The molecule has 1 aromatic rings. The molecule has 4 N–H and O–H groups in total. The van der Waals surface area contributed by atoms with E-state index in [-0.39, 0.29) is 6.04 Å². The zero-order chi connectivity index (χ0) is 10.1. The monoisotopic (exact) mass is 190 g/mol. The van der Waals surface area contributed by atoms with E-state index in [2.05, 4.69) is 13.0 Å². The van der Waals surface area contributed by atoms with Gasteiger partial charge in [0, 0.05) is 11.7 Å². The summed E-state index contributed by atoms with van der Waals surface area (Å²) in [5, 5.41) is 0. The zero-order valence-electron chi connectivity index (χ0n) is 8.72. The number of anilines is 1. The van der Waals surface area contributed by atoms with E-state index in [4.69, 9.17) is 11.5 Å². The van der Waals surface area contributed by atoms with E-state index >= 15 is 0 Å². The molecule has 2 rings (SSSR count). The van der Waals surface area contributed by atoms with Gasteiger partial charge in [-0.05, 0) is 48.4 Å². The van der Waals surface area contributed by atoms with Crippen molar-refractivity contribution in [2.75, 3.05) is 5.73 Å². The fourth-order valence-corrected chi connectivity index (χ4v) is 2.36. The number of nitrogens with two attached hydrogens (primary N) is 2. The second-order valence-electron chi connectivity index (χ2n) is 4.07. The summed E-state index contributed by atoms with van der Waals surface area (Å²) in [6.45, 7) is 2.11. The lowest BCUT2D eigenvalue weighted by Crippen LogP contribution is -2.14. The molecule has 76 valence electrons. The van der Waals surface area contributed by atoms with Gasteiger partial charge in [0.05, 0.1) is 0 Å². The van der Waals surface area contributed by atoms with Crippen LogP contribution >= 0.6 is 0 Å². The first kappa shape index (κ1) is 9.53. The minimum Gasteiger partial charge on any atom is -0.398 e. The summed E-state index contributed by atoms with van der Waals surface area (Å²) in [5.41, 5.74) is 17.1. The Bertz CT molecular complexity index is 344. The van der Waals surface area contributed by atoms with Crippen LogP contribution in [-0.2, 0) is 12.8 Å². The Kier molecular flexibility index (Phi) is 2.46. The maximum Gasteiger partial charge on any atom is 0.0365 e. The first-order valence-electron chi connectivity index (χ1n) is 5.39. The Balaban J connectivity index is 2.51. The normalized spacial score (nSPS) is 16.7. The lowest BCUT2D eigenvalue weighted by atomic mass is 9.94. The summed E-state index contributed by atoms with van der Waals surface area (Å²) < 4.78 is 0. The van der Waals surface area contributed by atoms with Crippen molar-refractivity contribution in [1.82, 2.24) is 0 Å². The summed E-state index contributed by atoms with van der Waals surface area (Å²) in [4.78, 5) is 0. The summed E-state index contributed by atoms with van der Waals surface area (Å²) in [6.07, 6.45) is 4.56. The molecule has 0 spiro atoms. The van der Waals surface area contributed by atoms with Gasteiger partial charge in [0.2, 0.25) is 0 Å².